The summed E-state index contributed by atoms with van der Waals surface area (Å²) < 4.78 is 0. The molecule has 1 rings (SSSR count). The summed E-state index contributed by atoms with van der Waals surface area (Å²) >= 11 is 0. The van der Waals surface area contributed by atoms with E-state index in [-0.39, 0.29) is 30.3 Å². The van der Waals surface area contributed by atoms with Crippen molar-refractivity contribution in [2.75, 3.05) is 13.1 Å². The maximum absolute atomic E-state index is 12.0. The van der Waals surface area contributed by atoms with Crippen LogP contribution in [0.5, 0.6) is 0 Å². The molecule has 16 heavy (non-hydrogen) atoms. The second-order valence-electron chi connectivity index (χ2n) is 4.09. The Hall–Kier alpha value is -0.800. The smallest absolute Gasteiger partial charge is 0.226 e. The molecule has 0 radical (unpaired) electrons. The molecule has 1 saturated carbocycles. The number of rotatable bonds is 5. The first-order valence-electron chi connectivity index (χ1n) is 5.45. The number of hydrogen-bond donors (Lipinski definition) is 1. The van der Waals surface area contributed by atoms with E-state index in [1.807, 2.05) is 0 Å². The lowest BCUT2D eigenvalue weighted by atomic mass is 10.1. The average Bonchev–Trinajstić information content (AvgIpc) is 2.63. The Morgan fingerprint density at radius 2 is 1.88 bits per heavy atom. The van der Waals surface area contributed by atoms with E-state index in [0.717, 1.165) is 19.3 Å². The molecule has 0 heterocycles. The number of nitrogens with two attached hydrogens (primary N) is 1. The van der Waals surface area contributed by atoms with Gasteiger partial charge in [0.25, 0.3) is 0 Å². The normalized spacial score (nSPS) is 23.3. The van der Waals surface area contributed by atoms with Gasteiger partial charge in [0.2, 0.25) is 5.91 Å². The van der Waals surface area contributed by atoms with Crippen molar-refractivity contribution in [3.05, 3.63) is 25.3 Å². The van der Waals surface area contributed by atoms with Gasteiger partial charge in [0.15, 0.2) is 0 Å². The lowest BCUT2D eigenvalue weighted by Gasteiger charge is -2.22. The maximum Gasteiger partial charge on any atom is 0.226 e. The zero-order valence-corrected chi connectivity index (χ0v) is 10.4. The number of hydrogen-bond acceptors (Lipinski definition) is 2. The Labute approximate surface area is 104 Å². The van der Waals surface area contributed by atoms with Gasteiger partial charge in [-0.1, -0.05) is 12.2 Å². The zero-order valence-electron chi connectivity index (χ0n) is 9.60. The summed E-state index contributed by atoms with van der Waals surface area (Å²) in [5.74, 6) is 0.308. The fourth-order valence-electron chi connectivity index (χ4n) is 2.07. The first kappa shape index (κ1) is 15.2. The van der Waals surface area contributed by atoms with Gasteiger partial charge < -0.3 is 10.6 Å². The van der Waals surface area contributed by atoms with Crippen LogP contribution in [0.3, 0.4) is 0 Å². The monoisotopic (exact) mass is 244 g/mol. The second kappa shape index (κ2) is 7.47. The molecule has 0 aliphatic heterocycles. The average molecular weight is 245 g/mol. The third kappa shape index (κ3) is 3.99. The molecule has 92 valence electrons. The topological polar surface area (TPSA) is 46.3 Å². The Bertz CT molecular complexity index is 245. The summed E-state index contributed by atoms with van der Waals surface area (Å²) in [6, 6.07) is 0.202. The highest BCUT2D eigenvalue weighted by molar-refractivity contribution is 5.85. The molecule has 2 unspecified atom stereocenters. The highest BCUT2D eigenvalue weighted by atomic mass is 35.5. The number of carbonyl (C=O) groups excluding carboxylic acids is 1. The van der Waals surface area contributed by atoms with Crippen molar-refractivity contribution < 1.29 is 4.79 Å². The molecule has 0 aromatic heterocycles. The Kier molecular flexibility index (Phi) is 7.10. The van der Waals surface area contributed by atoms with Crippen molar-refractivity contribution in [3.8, 4) is 0 Å². The molecule has 2 N–H and O–H groups in total. The van der Waals surface area contributed by atoms with Crippen molar-refractivity contribution in [1.29, 1.82) is 0 Å². The van der Waals surface area contributed by atoms with Crippen LogP contribution in [-0.4, -0.2) is 29.9 Å². The largest absolute Gasteiger partial charge is 0.335 e. The highest BCUT2D eigenvalue weighted by Gasteiger charge is 2.30. The summed E-state index contributed by atoms with van der Waals surface area (Å²) in [6.07, 6.45) is 6.20. The molecule has 2 atom stereocenters. The number of carbonyl (C=O) groups is 1. The quantitative estimate of drug-likeness (QED) is 0.749. The molecule has 0 spiro atoms. The molecule has 1 amide bonds. The summed E-state index contributed by atoms with van der Waals surface area (Å²) in [5.41, 5.74) is 5.80. The molecular weight excluding hydrogens is 224 g/mol. The van der Waals surface area contributed by atoms with Crippen LogP contribution in [-0.2, 0) is 4.79 Å². The standard InChI is InChI=1S/C12H20N2O.ClH/c1-3-7-14(8-4-2)12(15)10-5-6-11(13)9-10;/h3-4,10-11H,1-2,5-9,13H2;1H. The molecule has 0 aromatic carbocycles. The second-order valence-corrected chi connectivity index (χ2v) is 4.09. The molecule has 3 nitrogen and oxygen atoms in total. The fourth-order valence-corrected chi connectivity index (χ4v) is 2.07. The first-order chi connectivity index (χ1) is 7.19. The van der Waals surface area contributed by atoms with E-state index in [9.17, 15) is 4.79 Å². The van der Waals surface area contributed by atoms with E-state index < -0.39 is 0 Å². The summed E-state index contributed by atoms with van der Waals surface area (Å²) in [4.78, 5) is 13.8. The Morgan fingerprint density at radius 1 is 1.31 bits per heavy atom. The molecule has 1 aliphatic carbocycles. The number of amides is 1. The predicted molar refractivity (Wildman–Crippen MR) is 69.5 cm³/mol. The minimum absolute atomic E-state index is 0. The molecular formula is C12H21ClN2O. The molecule has 1 fully saturated rings. The first-order valence-corrected chi connectivity index (χ1v) is 5.45. The van der Waals surface area contributed by atoms with Crippen LogP contribution in [0.2, 0.25) is 0 Å². The molecule has 0 bridgehead atoms. The van der Waals surface area contributed by atoms with Crippen LogP contribution in [0.15, 0.2) is 25.3 Å². The van der Waals surface area contributed by atoms with Crippen molar-refractivity contribution in [2.45, 2.75) is 25.3 Å². The molecule has 0 saturated heterocycles. The van der Waals surface area contributed by atoms with E-state index in [1.54, 1.807) is 17.1 Å². The number of nitrogens with zero attached hydrogens (tertiary/aromatic N) is 1. The summed E-state index contributed by atoms with van der Waals surface area (Å²) in [6.45, 7) is 8.50. The van der Waals surface area contributed by atoms with Gasteiger partial charge in [-0.2, -0.15) is 0 Å². The van der Waals surface area contributed by atoms with Crippen LogP contribution >= 0.6 is 12.4 Å². The van der Waals surface area contributed by atoms with Gasteiger partial charge in [-0.15, -0.1) is 25.6 Å². The fraction of sp³-hybridized carbons (Fsp3) is 0.583. The van der Waals surface area contributed by atoms with E-state index >= 15 is 0 Å². The van der Waals surface area contributed by atoms with Crippen LogP contribution in [0.25, 0.3) is 0 Å². The van der Waals surface area contributed by atoms with Crippen LogP contribution in [0, 0.1) is 5.92 Å². The van der Waals surface area contributed by atoms with E-state index in [2.05, 4.69) is 13.2 Å². The summed E-state index contributed by atoms with van der Waals surface area (Å²) in [7, 11) is 0. The van der Waals surface area contributed by atoms with Gasteiger partial charge in [0.05, 0.1) is 0 Å². The van der Waals surface area contributed by atoms with Gasteiger partial charge in [-0.05, 0) is 19.3 Å². The lowest BCUT2D eigenvalue weighted by molar-refractivity contribution is -0.134. The van der Waals surface area contributed by atoms with E-state index in [4.69, 9.17) is 5.73 Å². The SMILES string of the molecule is C=CCN(CC=C)C(=O)C1CCC(N)C1.Cl. The Morgan fingerprint density at radius 3 is 2.25 bits per heavy atom. The van der Waals surface area contributed by atoms with Crippen molar-refractivity contribution in [3.63, 3.8) is 0 Å². The molecule has 0 aromatic rings. The van der Waals surface area contributed by atoms with E-state index in [0.29, 0.717) is 13.1 Å². The van der Waals surface area contributed by atoms with Crippen LogP contribution in [0.4, 0.5) is 0 Å². The minimum atomic E-state index is 0. The van der Waals surface area contributed by atoms with Crippen molar-refractivity contribution in [2.24, 2.45) is 11.7 Å². The van der Waals surface area contributed by atoms with Crippen molar-refractivity contribution >= 4 is 18.3 Å². The van der Waals surface area contributed by atoms with Gasteiger partial charge in [-0.3, -0.25) is 4.79 Å². The lowest BCUT2D eigenvalue weighted by Crippen LogP contribution is -2.36. The molecule has 4 heteroatoms. The van der Waals surface area contributed by atoms with Crippen LogP contribution in [0.1, 0.15) is 19.3 Å². The maximum atomic E-state index is 12.0. The van der Waals surface area contributed by atoms with Crippen LogP contribution < -0.4 is 5.73 Å². The number of halogens is 1. The van der Waals surface area contributed by atoms with Gasteiger partial charge in [0, 0.05) is 25.0 Å². The van der Waals surface area contributed by atoms with Crippen molar-refractivity contribution in [1.82, 2.24) is 4.90 Å². The third-order valence-corrected chi connectivity index (χ3v) is 2.83. The van der Waals surface area contributed by atoms with E-state index in [1.165, 1.54) is 0 Å². The predicted octanol–water partition coefficient (Wildman–Crippen LogP) is 1.74. The van der Waals surface area contributed by atoms with Gasteiger partial charge in [-0.25, -0.2) is 0 Å². The third-order valence-electron chi connectivity index (χ3n) is 2.83. The minimum Gasteiger partial charge on any atom is -0.335 e. The molecule has 1 aliphatic rings. The zero-order chi connectivity index (χ0) is 11.3. The Balaban J connectivity index is 0.00000225. The summed E-state index contributed by atoms with van der Waals surface area (Å²) in [5, 5.41) is 0. The van der Waals surface area contributed by atoms with Gasteiger partial charge >= 0.3 is 0 Å². The van der Waals surface area contributed by atoms with Gasteiger partial charge in [0.1, 0.15) is 0 Å². The highest BCUT2D eigenvalue weighted by Crippen LogP contribution is 2.25.